The van der Waals surface area contributed by atoms with Crippen molar-refractivity contribution in [1.29, 1.82) is 0 Å². The van der Waals surface area contributed by atoms with Crippen LogP contribution < -0.4 is 15.9 Å². The lowest BCUT2D eigenvalue weighted by Crippen LogP contribution is -2.60. The van der Waals surface area contributed by atoms with Crippen LogP contribution >= 0.6 is 0 Å². The molecule has 1 saturated heterocycles. The van der Waals surface area contributed by atoms with Crippen LogP contribution in [0.1, 0.15) is 0 Å². The van der Waals surface area contributed by atoms with Gasteiger partial charge in [-0.2, -0.15) is 0 Å². The van der Waals surface area contributed by atoms with Crippen molar-refractivity contribution in [3.63, 3.8) is 0 Å². The summed E-state index contributed by atoms with van der Waals surface area (Å²) in [7, 11) is 0. The summed E-state index contributed by atoms with van der Waals surface area (Å²) < 4.78 is 11.7. The van der Waals surface area contributed by atoms with Crippen LogP contribution in [0.4, 0.5) is 0 Å². The number of nitrogens with two attached hydrogens (primary N) is 1. The van der Waals surface area contributed by atoms with Crippen LogP contribution in [0.5, 0.6) is 5.75 Å². The van der Waals surface area contributed by atoms with Crippen molar-refractivity contribution in [2.24, 2.45) is 5.73 Å². The monoisotopic (exact) mass is 360 g/mol. The van der Waals surface area contributed by atoms with E-state index in [0.29, 0.717) is 0 Å². The summed E-state index contributed by atoms with van der Waals surface area (Å²) in [6, 6.07) is -0.101. The van der Waals surface area contributed by atoms with Gasteiger partial charge in [-0.15, -0.1) is 0 Å². The van der Waals surface area contributed by atoms with Crippen molar-refractivity contribution in [3.05, 3.63) is 28.7 Å². The zero-order valence-electron chi connectivity index (χ0n) is 13.0. The largest absolute Gasteiger partial charge is 0.480 e. The summed E-state index contributed by atoms with van der Waals surface area (Å²) in [6.07, 6.45) is -5.10. The second kappa shape index (κ2) is 7.91. The summed E-state index contributed by atoms with van der Waals surface area (Å²) >= 11 is 0. The van der Waals surface area contributed by atoms with Crippen LogP contribution in [-0.2, 0) is 16.1 Å². The molecule has 0 aromatic carbocycles. The molecule has 11 heteroatoms. The van der Waals surface area contributed by atoms with E-state index in [9.17, 15) is 24.9 Å². The van der Waals surface area contributed by atoms with Gasteiger partial charge in [-0.1, -0.05) is 0 Å². The molecule has 1 aliphatic rings. The Labute approximate surface area is 141 Å². The molecule has 1 aromatic rings. The Morgan fingerprint density at radius 1 is 1.32 bits per heavy atom. The Bertz CT molecular complexity index is 662. The minimum atomic E-state index is -1.67. The van der Waals surface area contributed by atoms with Crippen LogP contribution in [0.15, 0.2) is 23.3 Å². The Hall–Kier alpha value is -2.02. The zero-order valence-corrected chi connectivity index (χ0v) is 13.0. The van der Waals surface area contributed by atoms with Gasteiger partial charge in [-0.3, -0.25) is 9.59 Å². The van der Waals surface area contributed by atoms with Crippen LogP contribution in [0, 0.1) is 0 Å². The first-order chi connectivity index (χ1) is 11.7. The third-order valence-electron chi connectivity index (χ3n) is 3.76. The maximum Gasteiger partial charge on any atom is 0.322 e. The number of aromatic nitrogens is 1. The SMILES string of the molecule is N[C@@H](Cn1ccc(=O)c(O[C@@H]2O[C@H](CO)[C@@H](O)[C@H](O)[C@H]2O)c1)C(=O)O. The molecule has 0 saturated carbocycles. The molecule has 140 valence electrons. The van der Waals surface area contributed by atoms with Crippen LogP contribution in [0.2, 0.25) is 0 Å². The smallest absolute Gasteiger partial charge is 0.322 e. The van der Waals surface area contributed by atoms with Crippen molar-refractivity contribution < 1.29 is 39.8 Å². The molecule has 0 aliphatic carbocycles. The summed E-state index contributed by atoms with van der Waals surface area (Å²) in [5.41, 5.74) is 4.83. The van der Waals surface area contributed by atoms with Gasteiger partial charge >= 0.3 is 5.97 Å². The first-order valence-electron chi connectivity index (χ1n) is 7.40. The fraction of sp³-hybridized carbons (Fsp3) is 0.571. The lowest BCUT2D eigenvalue weighted by molar-refractivity contribution is -0.277. The van der Waals surface area contributed by atoms with Gasteiger partial charge in [0.05, 0.1) is 12.8 Å². The standard InChI is InChI=1S/C14H20N2O9/c15-6(13(22)23)3-16-2-1-7(18)8(4-16)24-14-12(21)11(20)10(19)9(5-17)25-14/h1-2,4,6,9-12,14,17,19-21H,3,5,15H2,(H,22,23)/t6-,9+,10+,11-,12+,14+/m0/s1. The minimum absolute atomic E-state index is 0.138. The zero-order chi connectivity index (χ0) is 18.7. The molecule has 0 bridgehead atoms. The molecule has 2 heterocycles. The highest BCUT2D eigenvalue weighted by Crippen LogP contribution is 2.22. The molecule has 0 spiro atoms. The van der Waals surface area contributed by atoms with E-state index < -0.39 is 54.8 Å². The van der Waals surface area contributed by atoms with Crippen LogP contribution in [0.3, 0.4) is 0 Å². The molecule has 0 unspecified atom stereocenters. The number of hydrogen-bond donors (Lipinski definition) is 6. The number of hydrogen-bond acceptors (Lipinski definition) is 9. The molecule has 25 heavy (non-hydrogen) atoms. The normalized spacial score (nSPS) is 30.7. The Balaban J connectivity index is 2.18. The molecule has 1 aliphatic heterocycles. The topological polar surface area (TPSA) is 185 Å². The van der Waals surface area contributed by atoms with Gasteiger partial charge < -0.3 is 45.3 Å². The molecule has 0 amide bonds. The first kappa shape index (κ1) is 19.3. The Morgan fingerprint density at radius 2 is 2.00 bits per heavy atom. The molecular formula is C14H20N2O9. The predicted octanol–water partition coefficient (Wildman–Crippen LogP) is -3.56. The summed E-state index contributed by atoms with van der Waals surface area (Å²) in [5.74, 6) is -1.51. The van der Waals surface area contributed by atoms with E-state index in [-0.39, 0.29) is 12.3 Å². The number of aliphatic hydroxyl groups is 4. The van der Waals surface area contributed by atoms with Crippen LogP contribution in [0.25, 0.3) is 0 Å². The van der Waals surface area contributed by atoms with Gasteiger partial charge in [-0.25, -0.2) is 0 Å². The van der Waals surface area contributed by atoms with Crippen molar-refractivity contribution >= 4 is 5.97 Å². The van der Waals surface area contributed by atoms with E-state index in [1.165, 1.54) is 17.0 Å². The number of carboxylic acids is 1. The molecular weight excluding hydrogens is 340 g/mol. The van der Waals surface area contributed by atoms with Crippen LogP contribution in [-0.4, -0.2) is 79.4 Å². The highest BCUT2D eigenvalue weighted by atomic mass is 16.7. The van der Waals surface area contributed by atoms with Gasteiger partial charge in [0.15, 0.2) is 5.75 Å². The average Bonchev–Trinajstić information content (AvgIpc) is 2.58. The van der Waals surface area contributed by atoms with E-state index in [4.69, 9.17) is 25.4 Å². The summed E-state index contributed by atoms with van der Waals surface area (Å²) in [5, 5.41) is 47.3. The van der Waals surface area contributed by atoms with Gasteiger partial charge in [0.2, 0.25) is 11.7 Å². The van der Waals surface area contributed by atoms with Gasteiger partial charge in [0.25, 0.3) is 0 Å². The number of ether oxygens (including phenoxy) is 2. The van der Waals surface area contributed by atoms with E-state index in [0.717, 1.165) is 6.07 Å². The number of rotatable bonds is 6. The molecule has 6 atom stereocenters. The summed E-state index contributed by atoms with van der Waals surface area (Å²) in [4.78, 5) is 22.7. The maximum atomic E-state index is 11.9. The second-order valence-electron chi connectivity index (χ2n) is 5.63. The maximum absolute atomic E-state index is 11.9. The lowest BCUT2D eigenvalue weighted by atomic mass is 9.99. The minimum Gasteiger partial charge on any atom is -0.480 e. The number of carbonyl (C=O) groups is 1. The summed E-state index contributed by atoms with van der Waals surface area (Å²) in [6.45, 7) is -0.780. The molecule has 0 radical (unpaired) electrons. The van der Waals surface area contributed by atoms with E-state index in [2.05, 4.69) is 0 Å². The number of carboxylic acid groups (broad SMARTS) is 1. The van der Waals surface area contributed by atoms with E-state index >= 15 is 0 Å². The van der Waals surface area contributed by atoms with Crippen molar-refractivity contribution in [2.45, 2.75) is 43.3 Å². The number of aliphatic carboxylic acids is 1. The number of aliphatic hydroxyl groups excluding tert-OH is 4. The van der Waals surface area contributed by atoms with Crippen molar-refractivity contribution in [1.82, 2.24) is 4.57 Å². The van der Waals surface area contributed by atoms with E-state index in [1.807, 2.05) is 0 Å². The molecule has 2 rings (SSSR count). The fourth-order valence-corrected chi connectivity index (χ4v) is 2.30. The molecule has 11 nitrogen and oxygen atoms in total. The van der Waals surface area contributed by atoms with Crippen molar-refractivity contribution in [2.75, 3.05) is 6.61 Å². The second-order valence-corrected chi connectivity index (χ2v) is 5.63. The number of nitrogens with zero attached hydrogens (tertiary/aromatic N) is 1. The van der Waals surface area contributed by atoms with Crippen molar-refractivity contribution in [3.8, 4) is 5.75 Å². The quantitative estimate of drug-likeness (QED) is 0.296. The average molecular weight is 360 g/mol. The molecule has 1 fully saturated rings. The van der Waals surface area contributed by atoms with Gasteiger partial charge in [0, 0.05) is 18.8 Å². The predicted molar refractivity (Wildman–Crippen MR) is 80.7 cm³/mol. The van der Waals surface area contributed by atoms with Gasteiger partial charge in [0.1, 0.15) is 30.5 Å². The highest BCUT2D eigenvalue weighted by Gasteiger charge is 2.44. The molecule has 7 N–H and O–H groups in total. The fourth-order valence-electron chi connectivity index (χ4n) is 2.30. The van der Waals surface area contributed by atoms with E-state index in [1.54, 1.807) is 0 Å². The Kier molecular flexibility index (Phi) is 6.11. The third-order valence-corrected chi connectivity index (χ3v) is 3.76. The third kappa shape index (κ3) is 4.34. The highest BCUT2D eigenvalue weighted by molar-refractivity contribution is 5.72. The lowest BCUT2D eigenvalue weighted by Gasteiger charge is -2.39. The van der Waals surface area contributed by atoms with Gasteiger partial charge in [-0.05, 0) is 0 Å². The Morgan fingerprint density at radius 3 is 2.60 bits per heavy atom. The first-order valence-corrected chi connectivity index (χ1v) is 7.40. The number of pyridine rings is 1. The molecule has 1 aromatic heterocycles.